The van der Waals surface area contributed by atoms with E-state index in [-0.39, 0.29) is 41.3 Å². The van der Waals surface area contributed by atoms with Crippen LogP contribution >= 0.6 is 0 Å². The van der Waals surface area contributed by atoms with Crippen LogP contribution in [0.2, 0.25) is 0 Å². The van der Waals surface area contributed by atoms with Gasteiger partial charge in [0, 0.05) is 16.8 Å². The van der Waals surface area contributed by atoms with E-state index in [1.165, 1.54) is 31.2 Å². The number of halogens is 1. The predicted molar refractivity (Wildman–Crippen MR) is 101 cm³/mol. The Balaban J connectivity index is 2.49. The Kier molecular flexibility index (Phi) is 7.24. The Bertz CT molecular complexity index is 950. The van der Waals surface area contributed by atoms with Crippen molar-refractivity contribution in [2.45, 2.75) is 20.8 Å². The first kappa shape index (κ1) is 21.8. The van der Waals surface area contributed by atoms with Crippen LogP contribution in [0, 0.1) is 12.7 Å². The first-order valence-corrected chi connectivity index (χ1v) is 8.94. The molecule has 0 atom stereocenters. The maximum atomic E-state index is 14.5. The number of amides is 1. The van der Waals surface area contributed by atoms with Crippen LogP contribution in [0.5, 0.6) is 0 Å². The van der Waals surface area contributed by atoms with E-state index in [1.807, 2.05) is 0 Å². The molecule has 0 saturated heterocycles. The molecule has 154 valence electrons. The molecule has 0 unspecified atom stereocenters. The van der Waals surface area contributed by atoms with Crippen LogP contribution in [0.25, 0.3) is 11.1 Å². The second kappa shape index (κ2) is 9.63. The summed E-state index contributed by atoms with van der Waals surface area (Å²) < 4.78 is 24.2. The van der Waals surface area contributed by atoms with Crippen LogP contribution in [0.1, 0.15) is 40.4 Å². The second-order valence-corrected chi connectivity index (χ2v) is 5.89. The quantitative estimate of drug-likeness (QED) is 0.396. The van der Waals surface area contributed by atoms with Crippen molar-refractivity contribution >= 4 is 23.6 Å². The number of carbonyl (C=O) groups is 4. The summed E-state index contributed by atoms with van der Waals surface area (Å²) in [6, 6.07) is 5.54. The number of aryl methyl sites for hydroxylation is 1. The molecule has 0 radical (unpaired) electrons. The zero-order valence-corrected chi connectivity index (χ0v) is 16.3. The fourth-order valence-electron chi connectivity index (χ4n) is 2.75. The van der Waals surface area contributed by atoms with Crippen molar-refractivity contribution in [1.82, 2.24) is 10.3 Å². The topological polar surface area (TPSA) is 115 Å². The second-order valence-electron chi connectivity index (χ2n) is 5.89. The van der Waals surface area contributed by atoms with E-state index in [0.29, 0.717) is 0 Å². The standard InChI is InChI=1S/C20H21FN2O6/c1-4-28-14(24)10-22-19(26)18(25)17-16(12-8-6-7-9-13(12)21)15(11(3)23-17)20(27)29-5-2/h6-9,23H,4-5,10H2,1-3H3,(H,22,26). The molecule has 9 heteroatoms. The molecule has 1 aromatic carbocycles. The Morgan fingerprint density at radius 1 is 1.07 bits per heavy atom. The summed E-state index contributed by atoms with van der Waals surface area (Å²) in [5.74, 6) is -4.32. The molecule has 8 nitrogen and oxygen atoms in total. The van der Waals surface area contributed by atoms with E-state index in [1.54, 1.807) is 13.8 Å². The third-order valence-electron chi connectivity index (χ3n) is 3.94. The van der Waals surface area contributed by atoms with Crippen LogP contribution in [0.15, 0.2) is 24.3 Å². The minimum atomic E-state index is -1.10. The van der Waals surface area contributed by atoms with E-state index in [4.69, 9.17) is 4.74 Å². The molecule has 2 aromatic rings. The first-order chi connectivity index (χ1) is 13.8. The number of H-pyrrole nitrogens is 1. The van der Waals surface area contributed by atoms with Crippen LogP contribution < -0.4 is 5.32 Å². The fraction of sp³-hybridized carbons (Fsp3) is 0.300. The third-order valence-corrected chi connectivity index (χ3v) is 3.94. The van der Waals surface area contributed by atoms with Gasteiger partial charge in [0.15, 0.2) is 0 Å². The molecule has 0 fully saturated rings. The van der Waals surface area contributed by atoms with Gasteiger partial charge in [0.1, 0.15) is 18.1 Å². The molecule has 1 aromatic heterocycles. The molecule has 0 bridgehead atoms. The number of ether oxygens (including phenoxy) is 2. The van der Waals surface area contributed by atoms with Gasteiger partial charge in [0.2, 0.25) is 0 Å². The number of esters is 2. The summed E-state index contributed by atoms with van der Waals surface area (Å²) >= 11 is 0. The number of rotatable bonds is 8. The highest BCUT2D eigenvalue weighted by Crippen LogP contribution is 2.33. The summed E-state index contributed by atoms with van der Waals surface area (Å²) in [7, 11) is 0. The Morgan fingerprint density at radius 3 is 2.34 bits per heavy atom. The van der Waals surface area contributed by atoms with Crippen molar-refractivity contribution in [3.8, 4) is 11.1 Å². The predicted octanol–water partition coefficient (Wildman–Crippen LogP) is 2.17. The maximum Gasteiger partial charge on any atom is 0.340 e. The zero-order chi connectivity index (χ0) is 21.6. The van der Waals surface area contributed by atoms with E-state index < -0.39 is 36.0 Å². The normalized spacial score (nSPS) is 10.3. The lowest BCUT2D eigenvalue weighted by molar-refractivity contribution is -0.143. The van der Waals surface area contributed by atoms with E-state index in [2.05, 4.69) is 15.0 Å². The maximum absolute atomic E-state index is 14.5. The fourth-order valence-corrected chi connectivity index (χ4v) is 2.75. The molecule has 1 amide bonds. The van der Waals surface area contributed by atoms with Crippen molar-refractivity contribution in [3.63, 3.8) is 0 Å². The monoisotopic (exact) mass is 404 g/mol. The van der Waals surface area contributed by atoms with Crippen LogP contribution in [0.4, 0.5) is 4.39 Å². The average molecular weight is 404 g/mol. The van der Waals surface area contributed by atoms with E-state index >= 15 is 0 Å². The van der Waals surface area contributed by atoms with Crippen LogP contribution in [-0.2, 0) is 19.1 Å². The van der Waals surface area contributed by atoms with Gasteiger partial charge in [-0.2, -0.15) is 0 Å². The largest absolute Gasteiger partial charge is 0.465 e. The zero-order valence-electron chi connectivity index (χ0n) is 16.3. The van der Waals surface area contributed by atoms with Gasteiger partial charge < -0.3 is 19.8 Å². The van der Waals surface area contributed by atoms with Gasteiger partial charge in [0.25, 0.3) is 11.7 Å². The van der Waals surface area contributed by atoms with Gasteiger partial charge >= 0.3 is 11.9 Å². The molecule has 0 aliphatic rings. The van der Waals surface area contributed by atoms with Gasteiger partial charge in [-0.1, -0.05) is 18.2 Å². The molecule has 0 aliphatic carbocycles. The summed E-state index contributed by atoms with van der Waals surface area (Å²) in [5, 5.41) is 2.15. The van der Waals surface area contributed by atoms with Crippen molar-refractivity contribution in [3.05, 3.63) is 47.0 Å². The average Bonchev–Trinajstić information content (AvgIpc) is 3.03. The third kappa shape index (κ3) is 4.87. The first-order valence-electron chi connectivity index (χ1n) is 8.94. The molecule has 1 heterocycles. The summed E-state index contributed by atoms with van der Waals surface area (Å²) in [6.45, 7) is 4.41. The van der Waals surface area contributed by atoms with Crippen LogP contribution in [0.3, 0.4) is 0 Å². The molecule has 2 rings (SSSR count). The summed E-state index contributed by atoms with van der Waals surface area (Å²) in [4.78, 5) is 51.4. The highest BCUT2D eigenvalue weighted by atomic mass is 19.1. The number of aromatic nitrogens is 1. The highest BCUT2D eigenvalue weighted by Gasteiger charge is 2.31. The Morgan fingerprint density at radius 2 is 1.72 bits per heavy atom. The number of hydrogen-bond acceptors (Lipinski definition) is 6. The van der Waals surface area contributed by atoms with Crippen molar-refractivity contribution < 1.29 is 33.0 Å². The minimum absolute atomic E-state index is 0.0403. The molecule has 2 N–H and O–H groups in total. The smallest absolute Gasteiger partial charge is 0.340 e. The van der Waals surface area contributed by atoms with Crippen molar-refractivity contribution in [2.75, 3.05) is 19.8 Å². The molecule has 29 heavy (non-hydrogen) atoms. The van der Waals surface area contributed by atoms with E-state index in [9.17, 15) is 23.6 Å². The van der Waals surface area contributed by atoms with Gasteiger partial charge in [-0.3, -0.25) is 14.4 Å². The summed E-state index contributed by atoms with van der Waals surface area (Å²) in [6.07, 6.45) is 0. The number of Topliss-reactive ketones (excluding diaryl/α,β-unsaturated/α-hetero) is 1. The number of ketones is 1. The van der Waals surface area contributed by atoms with Gasteiger partial charge in [0.05, 0.1) is 18.8 Å². The molecule has 0 aliphatic heterocycles. The molecular formula is C20H21FN2O6. The number of benzene rings is 1. The van der Waals surface area contributed by atoms with E-state index in [0.717, 1.165) is 0 Å². The number of aromatic amines is 1. The van der Waals surface area contributed by atoms with Crippen molar-refractivity contribution in [2.24, 2.45) is 0 Å². The molecular weight excluding hydrogens is 383 g/mol. The number of hydrogen-bond donors (Lipinski definition) is 2. The van der Waals surface area contributed by atoms with Crippen molar-refractivity contribution in [1.29, 1.82) is 0 Å². The lowest BCUT2D eigenvalue weighted by Gasteiger charge is -2.09. The molecule has 0 saturated carbocycles. The SMILES string of the molecule is CCOC(=O)CNC(=O)C(=O)c1[nH]c(C)c(C(=O)OCC)c1-c1ccccc1F. The Labute approximate surface area is 166 Å². The summed E-state index contributed by atoms with van der Waals surface area (Å²) in [5.41, 5.74) is -0.199. The van der Waals surface area contributed by atoms with Gasteiger partial charge in [-0.15, -0.1) is 0 Å². The lowest BCUT2D eigenvalue weighted by Crippen LogP contribution is -2.36. The molecule has 0 spiro atoms. The lowest BCUT2D eigenvalue weighted by atomic mass is 9.98. The van der Waals surface area contributed by atoms with Gasteiger partial charge in [-0.25, -0.2) is 9.18 Å². The number of nitrogens with one attached hydrogen (secondary N) is 2. The van der Waals surface area contributed by atoms with Gasteiger partial charge in [-0.05, 0) is 26.8 Å². The number of carbonyl (C=O) groups excluding carboxylic acids is 4. The minimum Gasteiger partial charge on any atom is -0.465 e. The van der Waals surface area contributed by atoms with Crippen LogP contribution in [-0.4, -0.2) is 48.4 Å². The Hall–Kier alpha value is -3.49. The highest BCUT2D eigenvalue weighted by molar-refractivity contribution is 6.44.